The molecule has 16 heavy (non-hydrogen) atoms. The molecule has 0 saturated carbocycles. The van der Waals surface area contributed by atoms with Crippen molar-refractivity contribution < 1.29 is 9.53 Å². The molecule has 2 rings (SSSR count). The molecule has 0 aliphatic heterocycles. The molecule has 0 N–H and O–H groups in total. The Morgan fingerprint density at radius 2 is 2.19 bits per heavy atom. The average Bonchev–Trinajstić information content (AvgIpc) is 2.28. The van der Waals surface area contributed by atoms with Crippen molar-refractivity contribution >= 4 is 16.9 Å². The van der Waals surface area contributed by atoms with Gasteiger partial charge in [-0.2, -0.15) is 0 Å². The molecule has 0 unspecified atom stereocenters. The van der Waals surface area contributed by atoms with Gasteiger partial charge in [-0.1, -0.05) is 6.92 Å². The first-order valence-corrected chi connectivity index (χ1v) is 5.26. The number of aromatic nitrogens is 1. The first kappa shape index (κ1) is 10.6. The van der Waals surface area contributed by atoms with Crippen molar-refractivity contribution in [1.82, 2.24) is 4.98 Å². The molecule has 82 valence electrons. The minimum atomic E-state index is -0.222. The number of carbonyl (C=O) groups is 1. The maximum atomic E-state index is 11.1. The van der Waals surface area contributed by atoms with Crippen LogP contribution in [0.15, 0.2) is 30.5 Å². The van der Waals surface area contributed by atoms with Gasteiger partial charge in [-0.3, -0.25) is 9.78 Å². The second kappa shape index (κ2) is 4.31. The zero-order chi connectivity index (χ0) is 11.5. The number of nitrogens with zero attached hydrogens (tertiary/aromatic N) is 1. The summed E-state index contributed by atoms with van der Waals surface area (Å²) in [6.45, 7) is 3.76. The number of hydrogen-bond acceptors (Lipinski definition) is 3. The lowest BCUT2D eigenvalue weighted by atomic mass is 10.2. The van der Waals surface area contributed by atoms with Gasteiger partial charge >= 0.3 is 5.97 Å². The van der Waals surface area contributed by atoms with Crippen molar-refractivity contribution in [1.29, 1.82) is 0 Å². The Morgan fingerprint density at radius 3 is 2.94 bits per heavy atom. The van der Waals surface area contributed by atoms with Gasteiger partial charge in [-0.05, 0) is 36.8 Å². The van der Waals surface area contributed by atoms with Gasteiger partial charge in [0.1, 0.15) is 5.75 Å². The fourth-order valence-corrected chi connectivity index (χ4v) is 1.49. The lowest BCUT2D eigenvalue weighted by Gasteiger charge is -2.04. The minimum Gasteiger partial charge on any atom is -0.427 e. The molecule has 0 aliphatic carbocycles. The smallest absolute Gasteiger partial charge is 0.310 e. The fourth-order valence-electron chi connectivity index (χ4n) is 1.49. The van der Waals surface area contributed by atoms with Gasteiger partial charge < -0.3 is 4.74 Å². The van der Waals surface area contributed by atoms with Gasteiger partial charge in [0.05, 0.1) is 5.52 Å². The monoisotopic (exact) mass is 215 g/mol. The first-order chi connectivity index (χ1) is 7.69. The van der Waals surface area contributed by atoms with E-state index in [0.29, 0.717) is 12.2 Å². The van der Waals surface area contributed by atoms with E-state index in [1.807, 2.05) is 31.3 Å². The summed E-state index contributed by atoms with van der Waals surface area (Å²) in [5, 5.41) is 0.987. The highest BCUT2D eigenvalue weighted by Crippen LogP contribution is 2.20. The van der Waals surface area contributed by atoms with E-state index in [1.54, 1.807) is 13.0 Å². The first-order valence-electron chi connectivity index (χ1n) is 5.26. The fraction of sp³-hybridized carbons (Fsp3) is 0.231. The van der Waals surface area contributed by atoms with E-state index >= 15 is 0 Å². The van der Waals surface area contributed by atoms with Crippen LogP contribution in [0.5, 0.6) is 5.75 Å². The molecule has 1 aromatic carbocycles. The summed E-state index contributed by atoms with van der Waals surface area (Å²) in [5.74, 6) is 0.353. The standard InChI is InChI=1S/C13H13NO2/c1-3-13(15)16-11-4-5-12-10(7-11)6-9(2)8-14-12/h4-8H,3H2,1-2H3. The Hall–Kier alpha value is -1.90. The van der Waals surface area contributed by atoms with Crippen LogP contribution in [0.1, 0.15) is 18.9 Å². The second-order valence-electron chi connectivity index (χ2n) is 3.69. The van der Waals surface area contributed by atoms with Gasteiger partial charge in [0, 0.05) is 18.0 Å². The molecule has 3 heteroatoms. The largest absolute Gasteiger partial charge is 0.427 e. The van der Waals surface area contributed by atoms with E-state index in [-0.39, 0.29) is 5.97 Å². The summed E-state index contributed by atoms with van der Waals surface area (Å²) in [5.41, 5.74) is 1.99. The quantitative estimate of drug-likeness (QED) is 0.571. The lowest BCUT2D eigenvalue weighted by molar-refractivity contribution is -0.134. The average molecular weight is 215 g/mol. The molecule has 0 radical (unpaired) electrons. The Balaban J connectivity index is 2.39. The number of fused-ring (bicyclic) bond motifs is 1. The van der Waals surface area contributed by atoms with E-state index in [1.165, 1.54) is 0 Å². The zero-order valence-electron chi connectivity index (χ0n) is 9.36. The predicted molar refractivity (Wildman–Crippen MR) is 62.4 cm³/mol. The summed E-state index contributed by atoms with van der Waals surface area (Å²) in [6, 6.07) is 7.47. The molecule has 0 amide bonds. The number of pyridine rings is 1. The highest BCUT2D eigenvalue weighted by molar-refractivity contribution is 5.82. The van der Waals surface area contributed by atoms with Gasteiger partial charge in [0.2, 0.25) is 0 Å². The molecule has 1 aromatic heterocycles. The van der Waals surface area contributed by atoms with Crippen LogP contribution < -0.4 is 4.74 Å². The Morgan fingerprint density at radius 1 is 1.38 bits per heavy atom. The van der Waals surface area contributed by atoms with Crippen LogP contribution in [0.3, 0.4) is 0 Å². The molecular formula is C13H13NO2. The molecular weight excluding hydrogens is 202 g/mol. The number of aryl methyl sites for hydroxylation is 1. The molecule has 3 nitrogen and oxygen atoms in total. The number of carbonyl (C=O) groups excluding carboxylic acids is 1. The van der Waals surface area contributed by atoms with Crippen LogP contribution in [0.2, 0.25) is 0 Å². The van der Waals surface area contributed by atoms with E-state index in [0.717, 1.165) is 16.5 Å². The van der Waals surface area contributed by atoms with Crippen LogP contribution in [0.25, 0.3) is 10.9 Å². The third kappa shape index (κ3) is 2.19. The van der Waals surface area contributed by atoms with E-state index in [4.69, 9.17) is 4.74 Å². The molecule has 0 aliphatic rings. The van der Waals surface area contributed by atoms with E-state index in [9.17, 15) is 4.79 Å². The van der Waals surface area contributed by atoms with Crippen molar-refractivity contribution in [3.63, 3.8) is 0 Å². The normalized spacial score (nSPS) is 10.4. The number of ether oxygens (including phenoxy) is 1. The summed E-state index contributed by atoms with van der Waals surface area (Å²) in [4.78, 5) is 15.4. The Kier molecular flexibility index (Phi) is 2.86. The van der Waals surface area contributed by atoms with E-state index in [2.05, 4.69) is 4.98 Å². The Bertz CT molecular complexity index is 534. The highest BCUT2D eigenvalue weighted by Gasteiger charge is 2.03. The summed E-state index contributed by atoms with van der Waals surface area (Å²) < 4.78 is 5.14. The molecule has 0 saturated heterocycles. The third-order valence-corrected chi connectivity index (χ3v) is 2.31. The molecule has 0 atom stereocenters. The van der Waals surface area contributed by atoms with Gasteiger partial charge in [0.25, 0.3) is 0 Å². The van der Waals surface area contributed by atoms with Gasteiger partial charge in [-0.15, -0.1) is 0 Å². The molecule has 1 heterocycles. The lowest BCUT2D eigenvalue weighted by Crippen LogP contribution is -2.05. The topological polar surface area (TPSA) is 39.2 Å². The van der Waals surface area contributed by atoms with Crippen LogP contribution in [0, 0.1) is 6.92 Å². The van der Waals surface area contributed by atoms with Gasteiger partial charge in [0.15, 0.2) is 0 Å². The maximum absolute atomic E-state index is 11.1. The predicted octanol–water partition coefficient (Wildman–Crippen LogP) is 2.86. The van der Waals surface area contributed by atoms with Crippen LogP contribution in [-0.4, -0.2) is 11.0 Å². The van der Waals surface area contributed by atoms with Crippen LogP contribution in [-0.2, 0) is 4.79 Å². The number of hydrogen-bond donors (Lipinski definition) is 0. The molecule has 2 aromatic rings. The van der Waals surface area contributed by atoms with E-state index < -0.39 is 0 Å². The summed E-state index contributed by atoms with van der Waals surface area (Å²) >= 11 is 0. The van der Waals surface area contributed by atoms with Crippen molar-refractivity contribution in [3.05, 3.63) is 36.0 Å². The van der Waals surface area contributed by atoms with Crippen molar-refractivity contribution in [2.45, 2.75) is 20.3 Å². The van der Waals surface area contributed by atoms with Gasteiger partial charge in [-0.25, -0.2) is 0 Å². The number of benzene rings is 1. The molecule has 0 fully saturated rings. The van der Waals surface area contributed by atoms with Crippen molar-refractivity contribution in [3.8, 4) is 5.75 Å². The minimum absolute atomic E-state index is 0.222. The number of esters is 1. The maximum Gasteiger partial charge on any atom is 0.310 e. The molecule has 0 spiro atoms. The van der Waals surface area contributed by atoms with Crippen molar-refractivity contribution in [2.24, 2.45) is 0 Å². The summed E-state index contributed by atoms with van der Waals surface area (Å²) in [7, 11) is 0. The SMILES string of the molecule is CCC(=O)Oc1ccc2ncc(C)cc2c1. The van der Waals surface area contributed by atoms with Crippen LogP contribution >= 0.6 is 0 Å². The summed E-state index contributed by atoms with van der Waals surface area (Å²) in [6.07, 6.45) is 2.20. The zero-order valence-corrected chi connectivity index (χ0v) is 9.36. The van der Waals surface area contributed by atoms with Crippen LogP contribution in [0.4, 0.5) is 0 Å². The second-order valence-corrected chi connectivity index (χ2v) is 3.69. The number of rotatable bonds is 2. The molecule has 0 bridgehead atoms. The Labute approximate surface area is 94.1 Å². The van der Waals surface area contributed by atoms with Crippen molar-refractivity contribution in [2.75, 3.05) is 0 Å². The third-order valence-electron chi connectivity index (χ3n) is 2.31. The highest BCUT2D eigenvalue weighted by atomic mass is 16.5.